The molecule has 0 aromatic carbocycles. The van der Waals surface area contributed by atoms with Crippen LogP contribution in [-0.4, -0.2) is 24.3 Å². The molecule has 0 aliphatic carbocycles. The Labute approximate surface area is 91.5 Å². The standard InChI is InChI=1S/C9H11N5O2/c1-3-8-10-4-5-13(8)9-7(14(15)16)6-12(2)11-9/h4-6H,3H2,1-2H3. The first kappa shape index (κ1) is 10.3. The zero-order valence-electron chi connectivity index (χ0n) is 8.99. The number of nitro groups is 1. The van der Waals surface area contributed by atoms with Crippen molar-refractivity contribution in [3.05, 3.63) is 34.5 Å². The van der Waals surface area contributed by atoms with E-state index in [-0.39, 0.29) is 5.69 Å². The highest BCUT2D eigenvalue weighted by molar-refractivity contribution is 5.45. The van der Waals surface area contributed by atoms with E-state index in [1.807, 2.05) is 6.92 Å². The van der Waals surface area contributed by atoms with Crippen molar-refractivity contribution in [1.82, 2.24) is 19.3 Å². The SMILES string of the molecule is CCc1nccn1-c1nn(C)cc1[N+](=O)[O-]. The maximum Gasteiger partial charge on any atom is 0.331 e. The van der Waals surface area contributed by atoms with Crippen molar-refractivity contribution < 1.29 is 4.92 Å². The molecule has 0 radical (unpaired) electrons. The normalized spacial score (nSPS) is 10.6. The van der Waals surface area contributed by atoms with Gasteiger partial charge in [-0.3, -0.25) is 19.4 Å². The number of nitrogens with zero attached hydrogens (tertiary/aromatic N) is 5. The summed E-state index contributed by atoms with van der Waals surface area (Å²) >= 11 is 0. The summed E-state index contributed by atoms with van der Waals surface area (Å²) in [6.45, 7) is 1.94. The number of hydrogen-bond acceptors (Lipinski definition) is 4. The van der Waals surface area contributed by atoms with Crippen molar-refractivity contribution in [2.75, 3.05) is 0 Å². The quantitative estimate of drug-likeness (QED) is 0.573. The van der Waals surface area contributed by atoms with Gasteiger partial charge in [0.2, 0.25) is 5.82 Å². The lowest BCUT2D eigenvalue weighted by Crippen LogP contribution is -2.03. The van der Waals surface area contributed by atoms with E-state index in [2.05, 4.69) is 10.1 Å². The van der Waals surface area contributed by atoms with Gasteiger partial charge in [-0.1, -0.05) is 6.92 Å². The Hall–Kier alpha value is -2.18. The Bertz CT molecular complexity index is 528. The molecule has 84 valence electrons. The van der Waals surface area contributed by atoms with Crippen LogP contribution in [0.2, 0.25) is 0 Å². The summed E-state index contributed by atoms with van der Waals surface area (Å²) in [6.07, 6.45) is 5.36. The topological polar surface area (TPSA) is 78.8 Å². The summed E-state index contributed by atoms with van der Waals surface area (Å²) in [6, 6.07) is 0. The minimum Gasteiger partial charge on any atom is -0.281 e. The van der Waals surface area contributed by atoms with E-state index in [0.717, 1.165) is 5.82 Å². The van der Waals surface area contributed by atoms with Crippen LogP contribution in [0, 0.1) is 10.1 Å². The van der Waals surface area contributed by atoms with Crippen molar-refractivity contribution >= 4 is 5.69 Å². The Morgan fingerprint density at radius 1 is 1.56 bits per heavy atom. The Morgan fingerprint density at radius 3 is 2.94 bits per heavy atom. The van der Waals surface area contributed by atoms with Gasteiger partial charge in [0.25, 0.3) is 0 Å². The lowest BCUT2D eigenvalue weighted by atomic mass is 10.4. The van der Waals surface area contributed by atoms with E-state index in [1.165, 1.54) is 10.9 Å². The van der Waals surface area contributed by atoms with Gasteiger partial charge in [0.15, 0.2) is 0 Å². The van der Waals surface area contributed by atoms with E-state index in [1.54, 1.807) is 24.0 Å². The molecule has 0 unspecified atom stereocenters. The van der Waals surface area contributed by atoms with E-state index in [0.29, 0.717) is 12.2 Å². The van der Waals surface area contributed by atoms with E-state index < -0.39 is 4.92 Å². The summed E-state index contributed by atoms with van der Waals surface area (Å²) in [7, 11) is 1.65. The van der Waals surface area contributed by atoms with Crippen LogP contribution in [0.1, 0.15) is 12.7 Å². The predicted molar refractivity (Wildman–Crippen MR) is 56.4 cm³/mol. The van der Waals surface area contributed by atoms with Gasteiger partial charge in [0.05, 0.1) is 4.92 Å². The molecule has 0 saturated carbocycles. The van der Waals surface area contributed by atoms with Crippen LogP contribution in [0.25, 0.3) is 5.82 Å². The second-order valence-corrected chi connectivity index (χ2v) is 3.34. The number of imidazole rings is 1. The first-order valence-corrected chi connectivity index (χ1v) is 4.84. The molecule has 16 heavy (non-hydrogen) atoms. The van der Waals surface area contributed by atoms with Crippen molar-refractivity contribution in [1.29, 1.82) is 0 Å². The third-order valence-corrected chi connectivity index (χ3v) is 2.25. The molecule has 2 aromatic heterocycles. The van der Waals surface area contributed by atoms with Crippen LogP contribution in [-0.2, 0) is 13.5 Å². The monoisotopic (exact) mass is 221 g/mol. The van der Waals surface area contributed by atoms with Crippen molar-refractivity contribution in [3.63, 3.8) is 0 Å². The maximum atomic E-state index is 10.8. The Morgan fingerprint density at radius 2 is 2.31 bits per heavy atom. The predicted octanol–water partition coefficient (Wildman–Crippen LogP) is 1.08. The molecule has 0 amide bonds. The summed E-state index contributed by atoms with van der Waals surface area (Å²) in [4.78, 5) is 14.5. The van der Waals surface area contributed by atoms with Gasteiger partial charge in [-0.25, -0.2) is 4.98 Å². The summed E-state index contributed by atoms with van der Waals surface area (Å²) in [5, 5.41) is 14.9. The van der Waals surface area contributed by atoms with Crippen LogP contribution >= 0.6 is 0 Å². The Balaban J connectivity index is 2.59. The minimum absolute atomic E-state index is 0.0183. The highest BCUT2D eigenvalue weighted by Crippen LogP contribution is 2.21. The average molecular weight is 221 g/mol. The summed E-state index contributed by atoms with van der Waals surface area (Å²) in [5.74, 6) is 1.06. The second-order valence-electron chi connectivity index (χ2n) is 3.34. The maximum absolute atomic E-state index is 10.8. The van der Waals surface area contributed by atoms with Crippen molar-refractivity contribution in [2.45, 2.75) is 13.3 Å². The molecule has 0 aliphatic rings. The molecule has 2 aromatic rings. The fourth-order valence-electron chi connectivity index (χ4n) is 1.55. The van der Waals surface area contributed by atoms with E-state index in [9.17, 15) is 10.1 Å². The van der Waals surface area contributed by atoms with Crippen LogP contribution in [0.5, 0.6) is 0 Å². The van der Waals surface area contributed by atoms with Gasteiger partial charge < -0.3 is 0 Å². The lowest BCUT2D eigenvalue weighted by Gasteiger charge is -2.00. The zero-order valence-corrected chi connectivity index (χ0v) is 8.99. The highest BCUT2D eigenvalue weighted by Gasteiger charge is 2.21. The number of aryl methyl sites for hydroxylation is 2. The largest absolute Gasteiger partial charge is 0.331 e. The average Bonchev–Trinajstić information content (AvgIpc) is 2.82. The highest BCUT2D eigenvalue weighted by atomic mass is 16.6. The molecular formula is C9H11N5O2. The first-order valence-electron chi connectivity index (χ1n) is 4.84. The third-order valence-electron chi connectivity index (χ3n) is 2.25. The number of aromatic nitrogens is 4. The fourth-order valence-corrected chi connectivity index (χ4v) is 1.55. The van der Waals surface area contributed by atoms with Gasteiger partial charge in [0, 0.05) is 25.9 Å². The molecule has 7 heteroatoms. The van der Waals surface area contributed by atoms with Gasteiger partial charge in [0.1, 0.15) is 12.0 Å². The smallest absolute Gasteiger partial charge is 0.281 e. The summed E-state index contributed by atoms with van der Waals surface area (Å²) < 4.78 is 3.06. The molecule has 0 atom stereocenters. The van der Waals surface area contributed by atoms with Crippen LogP contribution in [0.15, 0.2) is 18.6 Å². The van der Waals surface area contributed by atoms with Gasteiger partial charge in [-0.2, -0.15) is 0 Å². The molecule has 0 bridgehead atoms. The second kappa shape index (κ2) is 3.76. The zero-order chi connectivity index (χ0) is 11.7. The van der Waals surface area contributed by atoms with E-state index >= 15 is 0 Å². The molecule has 0 aliphatic heterocycles. The lowest BCUT2D eigenvalue weighted by molar-refractivity contribution is -0.384. The Kier molecular flexibility index (Phi) is 2.43. The summed E-state index contributed by atoms with van der Waals surface area (Å²) in [5.41, 5.74) is -0.0183. The van der Waals surface area contributed by atoms with Crippen molar-refractivity contribution in [3.8, 4) is 5.82 Å². The first-order chi connectivity index (χ1) is 7.63. The molecule has 0 saturated heterocycles. The van der Waals surface area contributed by atoms with Crippen LogP contribution in [0.4, 0.5) is 5.69 Å². The number of rotatable bonds is 3. The molecular weight excluding hydrogens is 210 g/mol. The van der Waals surface area contributed by atoms with Gasteiger partial charge >= 0.3 is 5.69 Å². The molecule has 2 heterocycles. The van der Waals surface area contributed by atoms with E-state index in [4.69, 9.17) is 0 Å². The minimum atomic E-state index is -0.443. The van der Waals surface area contributed by atoms with Crippen LogP contribution < -0.4 is 0 Å². The molecule has 7 nitrogen and oxygen atoms in total. The van der Waals surface area contributed by atoms with Gasteiger partial charge in [-0.05, 0) is 0 Å². The molecule has 2 rings (SSSR count). The van der Waals surface area contributed by atoms with Crippen LogP contribution in [0.3, 0.4) is 0 Å². The third kappa shape index (κ3) is 1.56. The fraction of sp³-hybridized carbons (Fsp3) is 0.333. The number of hydrogen-bond donors (Lipinski definition) is 0. The van der Waals surface area contributed by atoms with Crippen molar-refractivity contribution in [2.24, 2.45) is 7.05 Å². The molecule has 0 fully saturated rings. The molecule has 0 N–H and O–H groups in total. The molecule has 0 spiro atoms. The van der Waals surface area contributed by atoms with Gasteiger partial charge in [-0.15, -0.1) is 5.10 Å².